The van der Waals surface area contributed by atoms with Crippen LogP contribution in [0.3, 0.4) is 0 Å². The Labute approximate surface area is 207 Å². The maximum Gasteiger partial charge on any atom is 0.419 e. The van der Waals surface area contributed by atoms with Crippen molar-refractivity contribution in [3.63, 3.8) is 0 Å². The molecule has 0 spiro atoms. The first-order valence-corrected chi connectivity index (χ1v) is 12.7. The lowest BCUT2D eigenvalue weighted by atomic mass is 10.1. The molecule has 12 heteroatoms. The van der Waals surface area contributed by atoms with Crippen molar-refractivity contribution in [2.75, 3.05) is 24.3 Å². The lowest BCUT2D eigenvalue weighted by Crippen LogP contribution is -2.19. The topological polar surface area (TPSA) is 105 Å². The van der Waals surface area contributed by atoms with Crippen molar-refractivity contribution >= 4 is 33.6 Å². The number of ether oxygens (including phenoxy) is 2. The Kier molecular flexibility index (Phi) is 6.60. The summed E-state index contributed by atoms with van der Waals surface area (Å²) in [6.07, 6.45) is -2.63. The van der Waals surface area contributed by atoms with E-state index in [0.717, 1.165) is 18.9 Å². The fourth-order valence-electron chi connectivity index (χ4n) is 4.11. The molecule has 0 bridgehead atoms. The van der Waals surface area contributed by atoms with E-state index >= 15 is 0 Å². The lowest BCUT2D eigenvalue weighted by Gasteiger charge is -2.19. The zero-order chi connectivity index (χ0) is 25.6. The molecule has 5 rings (SSSR count). The molecule has 2 aliphatic rings. The molecule has 1 aliphatic heterocycles. The number of nitrogens with one attached hydrogen (secondary N) is 1. The predicted molar refractivity (Wildman–Crippen MR) is 127 cm³/mol. The second kappa shape index (κ2) is 9.56. The Morgan fingerprint density at radius 3 is 2.64 bits per heavy atom. The number of nitrogens with zero attached hydrogens (tertiary/aromatic N) is 2. The smallest absolute Gasteiger partial charge is 0.419 e. The van der Waals surface area contributed by atoms with Crippen molar-refractivity contribution < 1.29 is 31.6 Å². The van der Waals surface area contributed by atoms with Gasteiger partial charge in [-0.05, 0) is 36.3 Å². The summed E-state index contributed by atoms with van der Waals surface area (Å²) in [5.74, 6) is -0.306. The van der Waals surface area contributed by atoms with Crippen molar-refractivity contribution in [1.29, 1.82) is 0 Å². The SMILES string of the molecule is Cc1nc(NCc2cc(N)cc(C(F)(F)F)c2F)c2cc(O[C@H]3CCOC3)c([S+]([O-])C3CC3)cc2n1. The molecule has 7 nitrogen and oxygen atoms in total. The highest BCUT2D eigenvalue weighted by Gasteiger charge is 2.39. The van der Waals surface area contributed by atoms with Gasteiger partial charge in [0.1, 0.15) is 28.8 Å². The van der Waals surface area contributed by atoms with Crippen LogP contribution in [-0.4, -0.2) is 39.1 Å². The number of rotatable bonds is 7. The van der Waals surface area contributed by atoms with Gasteiger partial charge >= 0.3 is 6.18 Å². The second-order valence-corrected chi connectivity index (χ2v) is 10.6. The Bertz CT molecular complexity index is 1300. The molecule has 0 amide bonds. The van der Waals surface area contributed by atoms with Gasteiger partial charge in [0.2, 0.25) is 0 Å². The quantitative estimate of drug-likeness (QED) is 0.262. The molecule has 2 atom stereocenters. The van der Waals surface area contributed by atoms with Gasteiger partial charge in [-0.3, -0.25) is 0 Å². The molecule has 1 saturated carbocycles. The number of aryl methyl sites for hydroxylation is 1. The summed E-state index contributed by atoms with van der Waals surface area (Å²) in [6.45, 7) is 2.35. The molecule has 1 unspecified atom stereocenters. The standard InChI is InChI=1S/C24H24F4N4O3S/c1-12-31-19-9-21(36(33)16-2-3-16)20(35-15-4-5-34-11-15)8-17(19)23(32-12)30-10-13-6-14(29)7-18(22(13)25)24(26,27)28/h6-9,15-16H,2-5,10-11,29H2,1H3,(H,30,31,32)/t15-,36?/m0/s1. The summed E-state index contributed by atoms with van der Waals surface area (Å²) in [4.78, 5) is 9.38. The fourth-order valence-corrected chi connectivity index (χ4v) is 5.56. The molecule has 2 fully saturated rings. The van der Waals surface area contributed by atoms with E-state index in [0.29, 0.717) is 53.1 Å². The van der Waals surface area contributed by atoms with E-state index in [1.54, 1.807) is 19.1 Å². The minimum absolute atomic E-state index is 0.0690. The summed E-state index contributed by atoms with van der Waals surface area (Å²) in [5, 5.41) is 3.50. The molecular weight excluding hydrogens is 500 g/mol. The Morgan fingerprint density at radius 1 is 1.19 bits per heavy atom. The van der Waals surface area contributed by atoms with Gasteiger partial charge in [0.15, 0.2) is 10.6 Å². The maximum absolute atomic E-state index is 14.6. The highest BCUT2D eigenvalue weighted by Crippen LogP contribution is 2.41. The summed E-state index contributed by atoms with van der Waals surface area (Å²) in [6, 6.07) is 5.11. The van der Waals surface area contributed by atoms with Crippen LogP contribution in [0.25, 0.3) is 10.9 Å². The molecule has 192 valence electrons. The number of nitrogens with two attached hydrogens (primary N) is 1. The molecule has 3 aromatic rings. The van der Waals surface area contributed by atoms with Crippen LogP contribution in [-0.2, 0) is 28.6 Å². The number of benzene rings is 2. The number of anilines is 2. The maximum atomic E-state index is 14.6. The van der Waals surface area contributed by atoms with Gasteiger partial charge in [-0.1, -0.05) is 0 Å². The molecule has 36 heavy (non-hydrogen) atoms. The number of nitrogen functional groups attached to an aromatic ring is 1. The molecule has 2 aromatic carbocycles. The van der Waals surface area contributed by atoms with E-state index in [-0.39, 0.29) is 35.0 Å². The van der Waals surface area contributed by atoms with Crippen molar-refractivity contribution in [2.24, 2.45) is 0 Å². The van der Waals surface area contributed by atoms with Gasteiger partial charge in [-0.2, -0.15) is 13.2 Å². The first-order chi connectivity index (χ1) is 17.1. The monoisotopic (exact) mass is 524 g/mol. The molecule has 1 aliphatic carbocycles. The fraction of sp³-hybridized carbons (Fsp3) is 0.417. The van der Waals surface area contributed by atoms with Crippen LogP contribution in [0.5, 0.6) is 5.75 Å². The van der Waals surface area contributed by atoms with Crippen molar-refractivity contribution in [3.05, 3.63) is 47.0 Å². The molecule has 1 aromatic heterocycles. The van der Waals surface area contributed by atoms with Gasteiger partial charge < -0.3 is 25.1 Å². The number of halogens is 4. The summed E-state index contributed by atoms with van der Waals surface area (Å²) >= 11 is -1.27. The van der Waals surface area contributed by atoms with E-state index in [1.165, 1.54) is 0 Å². The summed E-state index contributed by atoms with van der Waals surface area (Å²) in [5.41, 5.74) is 4.22. The van der Waals surface area contributed by atoms with E-state index in [1.807, 2.05) is 0 Å². The van der Waals surface area contributed by atoms with Crippen molar-refractivity contribution in [3.8, 4) is 5.75 Å². The zero-order valence-electron chi connectivity index (χ0n) is 19.3. The Balaban J connectivity index is 1.52. The van der Waals surface area contributed by atoms with E-state index in [4.69, 9.17) is 15.2 Å². The van der Waals surface area contributed by atoms with Gasteiger partial charge in [-0.25, -0.2) is 14.4 Å². The van der Waals surface area contributed by atoms with E-state index < -0.39 is 28.7 Å². The largest absolute Gasteiger partial charge is 0.611 e. The van der Waals surface area contributed by atoms with Crippen LogP contribution in [0, 0.1) is 12.7 Å². The van der Waals surface area contributed by atoms with E-state index in [2.05, 4.69) is 15.3 Å². The zero-order valence-corrected chi connectivity index (χ0v) is 20.1. The highest BCUT2D eigenvalue weighted by atomic mass is 32.2. The molecule has 2 heterocycles. The number of hydrogen-bond acceptors (Lipinski definition) is 7. The average Bonchev–Trinajstić information content (AvgIpc) is 3.54. The number of alkyl halides is 3. The average molecular weight is 525 g/mol. The number of hydrogen-bond donors (Lipinski definition) is 2. The predicted octanol–water partition coefficient (Wildman–Crippen LogP) is 4.73. The first-order valence-electron chi connectivity index (χ1n) is 11.5. The van der Waals surface area contributed by atoms with Gasteiger partial charge in [0.05, 0.1) is 24.3 Å². The van der Waals surface area contributed by atoms with Gasteiger partial charge in [-0.15, -0.1) is 0 Å². The van der Waals surface area contributed by atoms with E-state index in [9.17, 15) is 22.1 Å². The highest BCUT2D eigenvalue weighted by molar-refractivity contribution is 7.92. The minimum Gasteiger partial charge on any atom is -0.611 e. The second-order valence-electron chi connectivity index (χ2n) is 8.93. The summed E-state index contributed by atoms with van der Waals surface area (Å²) < 4.78 is 79.0. The molecule has 1 saturated heterocycles. The van der Waals surface area contributed by atoms with Crippen LogP contribution in [0.4, 0.5) is 29.1 Å². The Hall–Kier alpha value is -2.83. The molecule has 0 radical (unpaired) electrons. The third-order valence-electron chi connectivity index (χ3n) is 6.02. The molecular formula is C24H24F4N4O3S. The van der Waals surface area contributed by atoms with Gasteiger partial charge in [0.25, 0.3) is 0 Å². The first kappa shape index (κ1) is 24.8. The Morgan fingerprint density at radius 2 is 1.97 bits per heavy atom. The van der Waals surface area contributed by atoms with Crippen LogP contribution in [0.2, 0.25) is 0 Å². The number of aromatic nitrogens is 2. The normalized spacial score (nSPS) is 19.0. The lowest BCUT2D eigenvalue weighted by molar-refractivity contribution is -0.140. The summed E-state index contributed by atoms with van der Waals surface area (Å²) in [7, 11) is 0. The number of fused-ring (bicyclic) bond motifs is 1. The van der Waals surface area contributed by atoms with Crippen LogP contribution >= 0.6 is 0 Å². The minimum atomic E-state index is -4.88. The third kappa shape index (κ3) is 5.16. The van der Waals surface area contributed by atoms with Crippen LogP contribution in [0.1, 0.15) is 36.2 Å². The van der Waals surface area contributed by atoms with Crippen LogP contribution < -0.4 is 15.8 Å². The third-order valence-corrected chi connectivity index (χ3v) is 7.85. The van der Waals surface area contributed by atoms with Crippen molar-refractivity contribution in [1.82, 2.24) is 9.97 Å². The molecule has 3 N–H and O–H groups in total. The van der Waals surface area contributed by atoms with Crippen molar-refractivity contribution in [2.45, 2.75) is 55.2 Å². The van der Waals surface area contributed by atoms with Gasteiger partial charge in [0, 0.05) is 48.5 Å². The van der Waals surface area contributed by atoms with Crippen LogP contribution in [0.15, 0.2) is 29.2 Å².